The lowest BCUT2D eigenvalue weighted by molar-refractivity contribution is -0.139. The molecular formula is C30H30F4N6O4. The summed E-state index contributed by atoms with van der Waals surface area (Å²) >= 11 is 0. The number of halogens is 4. The smallest absolute Gasteiger partial charge is 0.423 e. The van der Waals surface area contributed by atoms with Gasteiger partial charge in [0.1, 0.15) is 22.9 Å². The minimum atomic E-state index is -4.87. The number of nitrogens with one attached hydrogen (secondary N) is 1. The number of amides is 2. The molecule has 3 aliphatic rings. The first-order valence-electron chi connectivity index (χ1n) is 14.0. The van der Waals surface area contributed by atoms with Crippen LogP contribution in [0.3, 0.4) is 0 Å². The highest BCUT2D eigenvalue weighted by molar-refractivity contribution is 6.01. The van der Waals surface area contributed by atoms with E-state index in [9.17, 15) is 22.8 Å². The quantitative estimate of drug-likeness (QED) is 0.384. The molecule has 2 amide bonds. The maximum atomic E-state index is 15.4. The number of anilines is 2. The van der Waals surface area contributed by atoms with Crippen molar-refractivity contribution in [1.82, 2.24) is 24.7 Å². The minimum Gasteiger partial charge on any atom is -0.495 e. The van der Waals surface area contributed by atoms with Gasteiger partial charge in [-0.2, -0.15) is 18.2 Å². The minimum absolute atomic E-state index is 0.0118. The molecule has 2 aromatic carbocycles. The molecule has 1 spiro atoms. The largest absolute Gasteiger partial charge is 0.495 e. The van der Waals surface area contributed by atoms with Crippen molar-refractivity contribution < 1.29 is 36.6 Å². The Bertz CT molecular complexity index is 1640. The number of fused-ring (bicyclic) bond motifs is 1. The first-order chi connectivity index (χ1) is 20.9. The maximum Gasteiger partial charge on any atom is 0.423 e. The van der Waals surface area contributed by atoms with Crippen molar-refractivity contribution in [2.24, 2.45) is 0 Å². The number of rotatable bonds is 6. The number of alkyl halides is 3. The van der Waals surface area contributed by atoms with E-state index < -0.39 is 35.3 Å². The van der Waals surface area contributed by atoms with E-state index in [1.54, 1.807) is 24.1 Å². The first kappa shape index (κ1) is 29.6. The summed E-state index contributed by atoms with van der Waals surface area (Å²) in [5.41, 5.74) is -0.993. The molecule has 6 rings (SSSR count). The number of piperidine rings is 1. The predicted octanol–water partition coefficient (Wildman–Crippen LogP) is 5.07. The van der Waals surface area contributed by atoms with Gasteiger partial charge in [0.05, 0.1) is 23.9 Å². The Morgan fingerprint density at radius 2 is 1.80 bits per heavy atom. The zero-order valence-corrected chi connectivity index (χ0v) is 24.3. The van der Waals surface area contributed by atoms with Crippen LogP contribution in [0.2, 0.25) is 0 Å². The van der Waals surface area contributed by atoms with E-state index in [1.807, 2.05) is 7.05 Å². The summed E-state index contributed by atoms with van der Waals surface area (Å²) in [7, 11) is 4.92. The molecule has 1 N–H and O–H groups in total. The number of hydrogen-bond acceptors (Lipinski definition) is 8. The predicted molar refractivity (Wildman–Crippen MR) is 151 cm³/mol. The number of hydrogen-bond donors (Lipinski definition) is 1. The van der Waals surface area contributed by atoms with Crippen molar-refractivity contribution in [3.8, 4) is 17.4 Å². The average molecular weight is 615 g/mol. The highest BCUT2D eigenvalue weighted by Gasteiger charge is 2.49. The molecule has 0 radical (unpaired) electrons. The van der Waals surface area contributed by atoms with Crippen molar-refractivity contribution in [2.75, 3.05) is 46.2 Å². The van der Waals surface area contributed by atoms with Crippen molar-refractivity contribution in [1.29, 1.82) is 0 Å². The van der Waals surface area contributed by atoms with Crippen LogP contribution in [0.5, 0.6) is 17.4 Å². The molecule has 0 saturated carbocycles. The number of methoxy groups -OCH3 is 1. The second-order valence-corrected chi connectivity index (χ2v) is 11.4. The standard InChI is InChI=1S/C30H30F4N6O4/c1-38-10-7-29(8-11-38)9-12-40(29)26(41)18-13-23(43-3)21(14-20(18)31)36-28-35-15-19(30(32,33)34)25(37-28)44-22-6-4-5-17-16-39(2)27(42)24(17)22/h4-6,13-15H,7-12,16H2,1-3H3,(H,35,36,37). The van der Waals surface area contributed by atoms with E-state index >= 15 is 4.39 Å². The molecule has 44 heavy (non-hydrogen) atoms. The Kier molecular flexibility index (Phi) is 7.34. The molecule has 0 aliphatic carbocycles. The van der Waals surface area contributed by atoms with Gasteiger partial charge in [-0.25, -0.2) is 9.37 Å². The molecule has 3 aliphatic heterocycles. The molecule has 2 saturated heterocycles. The SMILES string of the molecule is COc1cc(C(=O)N2CCC23CCN(C)CC3)c(F)cc1Nc1ncc(C(F)(F)F)c(Oc2cccc3c2C(=O)N(C)C3)n1. The third kappa shape index (κ3) is 5.16. The fourth-order valence-electron chi connectivity index (χ4n) is 6.02. The van der Waals surface area contributed by atoms with Crippen LogP contribution in [0.15, 0.2) is 36.5 Å². The topological polar surface area (TPSA) is 100 Å². The molecular weight excluding hydrogens is 584 g/mol. The second kappa shape index (κ2) is 10.9. The van der Waals surface area contributed by atoms with Gasteiger partial charge in [0.25, 0.3) is 11.8 Å². The van der Waals surface area contributed by atoms with Crippen molar-refractivity contribution in [3.05, 3.63) is 64.6 Å². The number of carbonyl (C=O) groups excluding carboxylic acids is 2. The summed E-state index contributed by atoms with van der Waals surface area (Å²) in [4.78, 5) is 39.1. The summed E-state index contributed by atoms with van der Waals surface area (Å²) < 4.78 is 68.1. The zero-order valence-electron chi connectivity index (χ0n) is 24.3. The van der Waals surface area contributed by atoms with Gasteiger partial charge in [0.2, 0.25) is 11.8 Å². The van der Waals surface area contributed by atoms with E-state index in [4.69, 9.17) is 9.47 Å². The highest BCUT2D eigenvalue weighted by atomic mass is 19.4. The molecule has 0 atom stereocenters. The summed E-state index contributed by atoms with van der Waals surface area (Å²) in [5, 5.41) is 2.68. The van der Waals surface area contributed by atoms with Crippen LogP contribution in [-0.2, 0) is 12.7 Å². The van der Waals surface area contributed by atoms with E-state index in [-0.39, 0.29) is 46.3 Å². The lowest BCUT2D eigenvalue weighted by atomic mass is 9.76. The Morgan fingerprint density at radius 3 is 2.45 bits per heavy atom. The Balaban J connectivity index is 1.29. The van der Waals surface area contributed by atoms with E-state index in [0.29, 0.717) is 18.3 Å². The Hall–Kier alpha value is -4.46. The molecule has 0 unspecified atom stereocenters. The molecule has 14 heteroatoms. The van der Waals surface area contributed by atoms with Gasteiger partial charge in [-0.3, -0.25) is 9.59 Å². The first-order valence-corrected chi connectivity index (χ1v) is 14.0. The van der Waals surface area contributed by atoms with Crippen LogP contribution in [0.25, 0.3) is 0 Å². The van der Waals surface area contributed by atoms with Crippen LogP contribution < -0.4 is 14.8 Å². The highest BCUT2D eigenvalue weighted by Crippen LogP contribution is 2.43. The van der Waals surface area contributed by atoms with Gasteiger partial charge < -0.3 is 29.5 Å². The van der Waals surface area contributed by atoms with Gasteiger partial charge >= 0.3 is 6.18 Å². The number of ether oxygens (including phenoxy) is 2. The molecule has 1 aromatic heterocycles. The number of likely N-dealkylation sites (tertiary alicyclic amines) is 2. The number of benzene rings is 2. The van der Waals surface area contributed by atoms with Gasteiger partial charge in [0, 0.05) is 51.0 Å². The van der Waals surface area contributed by atoms with E-state index in [1.165, 1.54) is 24.1 Å². The normalized spacial score (nSPS) is 17.8. The van der Waals surface area contributed by atoms with Gasteiger partial charge in [0.15, 0.2) is 0 Å². The summed E-state index contributed by atoms with van der Waals surface area (Å²) in [5.74, 6) is -2.90. The molecule has 3 aromatic rings. The van der Waals surface area contributed by atoms with Crippen molar-refractivity contribution in [3.63, 3.8) is 0 Å². The number of carbonyl (C=O) groups is 2. The van der Waals surface area contributed by atoms with Crippen molar-refractivity contribution >= 4 is 23.5 Å². The van der Waals surface area contributed by atoms with Crippen LogP contribution >= 0.6 is 0 Å². The maximum absolute atomic E-state index is 15.4. The fourth-order valence-corrected chi connectivity index (χ4v) is 6.02. The van der Waals surface area contributed by atoms with E-state index in [2.05, 4.69) is 20.2 Å². The molecule has 10 nitrogen and oxygen atoms in total. The van der Waals surface area contributed by atoms with E-state index in [0.717, 1.165) is 38.4 Å². The Labute approximate surface area is 250 Å². The van der Waals surface area contributed by atoms with Crippen LogP contribution in [0.1, 0.15) is 51.1 Å². The van der Waals surface area contributed by atoms with Crippen molar-refractivity contribution in [2.45, 2.75) is 37.5 Å². The third-order valence-corrected chi connectivity index (χ3v) is 8.65. The summed E-state index contributed by atoms with van der Waals surface area (Å²) in [6.45, 7) is 2.50. The Morgan fingerprint density at radius 1 is 1.07 bits per heavy atom. The van der Waals surface area contributed by atoms with Gasteiger partial charge in [-0.1, -0.05) is 12.1 Å². The number of aromatic nitrogens is 2. The molecule has 4 heterocycles. The molecule has 2 fully saturated rings. The average Bonchev–Trinajstić information content (AvgIpc) is 3.26. The van der Waals surface area contributed by atoms with Crippen LogP contribution in [0, 0.1) is 5.82 Å². The zero-order chi connectivity index (χ0) is 31.4. The summed E-state index contributed by atoms with van der Waals surface area (Å²) in [6, 6.07) is 6.92. The summed E-state index contributed by atoms with van der Waals surface area (Å²) in [6.07, 6.45) is -1.87. The van der Waals surface area contributed by atoms with Gasteiger partial charge in [-0.05, 0) is 44.0 Å². The monoisotopic (exact) mass is 614 g/mol. The fraction of sp³-hybridized carbons (Fsp3) is 0.400. The van der Waals surface area contributed by atoms with Crippen LogP contribution in [-0.4, -0.2) is 82.9 Å². The molecule has 232 valence electrons. The van der Waals surface area contributed by atoms with Crippen LogP contribution in [0.4, 0.5) is 29.2 Å². The lowest BCUT2D eigenvalue weighted by Crippen LogP contribution is -2.65. The number of nitrogens with zero attached hydrogens (tertiary/aromatic N) is 5. The second-order valence-electron chi connectivity index (χ2n) is 11.4. The lowest BCUT2D eigenvalue weighted by Gasteiger charge is -2.56. The third-order valence-electron chi connectivity index (χ3n) is 8.65. The molecule has 0 bridgehead atoms. The van der Waals surface area contributed by atoms with Gasteiger partial charge in [-0.15, -0.1) is 0 Å².